The van der Waals surface area contributed by atoms with Gasteiger partial charge in [-0.1, -0.05) is 13.8 Å². The molecular weight excluding hydrogens is 176 g/mol. The fourth-order valence-electron chi connectivity index (χ4n) is 1.84. The fourth-order valence-corrected chi connectivity index (χ4v) is 1.84. The molecule has 0 N–H and O–H groups in total. The average Bonchev–Trinajstić information content (AvgIpc) is 2.48. The van der Waals surface area contributed by atoms with Gasteiger partial charge in [-0.2, -0.15) is 0 Å². The number of carbonyl (C=O) groups excluding carboxylic acids is 1. The van der Waals surface area contributed by atoms with Crippen LogP contribution in [-0.2, 0) is 4.79 Å². The highest BCUT2D eigenvalue weighted by Crippen LogP contribution is 2.25. The number of amidine groups is 1. The van der Waals surface area contributed by atoms with Crippen LogP contribution in [0.15, 0.2) is 17.3 Å². The first-order chi connectivity index (χ1) is 6.66. The Labute approximate surface area is 85.5 Å². The summed E-state index contributed by atoms with van der Waals surface area (Å²) in [5.41, 5.74) is 0. The highest BCUT2D eigenvalue weighted by molar-refractivity contribution is 5.87. The lowest BCUT2D eigenvalue weighted by molar-refractivity contribution is -0.104. The van der Waals surface area contributed by atoms with Gasteiger partial charge in [0.15, 0.2) is 0 Å². The molecule has 0 spiro atoms. The molecule has 1 aliphatic heterocycles. The van der Waals surface area contributed by atoms with Gasteiger partial charge >= 0.3 is 0 Å². The van der Waals surface area contributed by atoms with E-state index in [0.717, 1.165) is 18.7 Å². The first-order valence-corrected chi connectivity index (χ1v) is 5.06. The van der Waals surface area contributed by atoms with Crippen LogP contribution in [0, 0.1) is 11.8 Å². The van der Waals surface area contributed by atoms with Gasteiger partial charge in [-0.3, -0.25) is 4.79 Å². The van der Waals surface area contributed by atoms with Crippen molar-refractivity contribution in [3.8, 4) is 0 Å². The third-order valence-corrected chi connectivity index (χ3v) is 2.67. The Morgan fingerprint density at radius 2 is 2.29 bits per heavy atom. The largest absolute Gasteiger partial charge is 0.363 e. The summed E-state index contributed by atoms with van der Waals surface area (Å²) < 4.78 is 0. The molecule has 1 heterocycles. The van der Waals surface area contributed by atoms with E-state index in [0.29, 0.717) is 11.8 Å². The van der Waals surface area contributed by atoms with Gasteiger partial charge in [0.1, 0.15) is 12.1 Å². The summed E-state index contributed by atoms with van der Waals surface area (Å²) in [4.78, 5) is 16.6. The Balaban J connectivity index is 2.75. The Hall–Kier alpha value is -1.12. The van der Waals surface area contributed by atoms with Gasteiger partial charge in [0.05, 0.1) is 0 Å². The normalized spacial score (nSPS) is 25.6. The molecule has 0 aliphatic carbocycles. The van der Waals surface area contributed by atoms with Crippen molar-refractivity contribution in [2.45, 2.75) is 20.3 Å². The van der Waals surface area contributed by atoms with Crippen LogP contribution < -0.4 is 0 Å². The van der Waals surface area contributed by atoms with E-state index in [9.17, 15) is 4.79 Å². The van der Waals surface area contributed by atoms with Crippen molar-refractivity contribution in [3.63, 3.8) is 0 Å². The molecule has 0 amide bonds. The fraction of sp³-hybridized carbons (Fsp3) is 0.636. The predicted molar refractivity (Wildman–Crippen MR) is 58.2 cm³/mol. The third-order valence-electron chi connectivity index (χ3n) is 2.67. The summed E-state index contributed by atoms with van der Waals surface area (Å²) >= 11 is 0. The van der Waals surface area contributed by atoms with Crippen molar-refractivity contribution in [3.05, 3.63) is 12.3 Å². The van der Waals surface area contributed by atoms with Crippen molar-refractivity contribution < 1.29 is 4.79 Å². The van der Waals surface area contributed by atoms with Crippen molar-refractivity contribution in [1.29, 1.82) is 0 Å². The van der Waals surface area contributed by atoms with E-state index in [4.69, 9.17) is 0 Å². The summed E-state index contributed by atoms with van der Waals surface area (Å²) in [6, 6.07) is 0. The molecule has 0 bridgehead atoms. The lowest BCUT2D eigenvalue weighted by atomic mass is 9.94. The van der Waals surface area contributed by atoms with E-state index in [1.807, 2.05) is 0 Å². The van der Waals surface area contributed by atoms with E-state index in [-0.39, 0.29) is 0 Å². The zero-order chi connectivity index (χ0) is 10.6. The van der Waals surface area contributed by atoms with Crippen molar-refractivity contribution >= 4 is 12.1 Å². The van der Waals surface area contributed by atoms with E-state index in [2.05, 4.69) is 30.8 Å². The lowest BCUT2D eigenvalue weighted by Crippen LogP contribution is -2.25. The maximum Gasteiger partial charge on any atom is 0.144 e. The number of carbonyl (C=O) groups is 1. The Morgan fingerprint density at radius 3 is 2.86 bits per heavy atom. The van der Waals surface area contributed by atoms with E-state index in [1.54, 1.807) is 6.20 Å². The van der Waals surface area contributed by atoms with E-state index >= 15 is 0 Å². The maximum atomic E-state index is 10.1. The number of rotatable bonds is 3. The highest BCUT2D eigenvalue weighted by atomic mass is 16.1. The number of likely N-dealkylation sites (tertiary alicyclic amines) is 1. The molecule has 0 aromatic carbocycles. The van der Waals surface area contributed by atoms with Crippen molar-refractivity contribution in [2.75, 3.05) is 13.6 Å². The Morgan fingerprint density at radius 1 is 1.57 bits per heavy atom. The topological polar surface area (TPSA) is 32.7 Å². The smallest absolute Gasteiger partial charge is 0.144 e. The second kappa shape index (κ2) is 4.94. The number of hydrogen-bond acceptors (Lipinski definition) is 2. The van der Waals surface area contributed by atoms with Gasteiger partial charge in [0, 0.05) is 25.7 Å². The van der Waals surface area contributed by atoms with Gasteiger partial charge in [-0.15, -0.1) is 0 Å². The molecule has 1 atom stereocenters. The molecule has 0 aromatic rings. The quantitative estimate of drug-likeness (QED) is 0.506. The summed E-state index contributed by atoms with van der Waals surface area (Å²) in [6.07, 6.45) is 4.93. The number of allylic oxidation sites excluding steroid dienone is 1. The minimum atomic E-state index is 0.538. The molecule has 1 saturated heterocycles. The minimum absolute atomic E-state index is 0.538. The molecule has 78 valence electrons. The van der Waals surface area contributed by atoms with Gasteiger partial charge < -0.3 is 4.90 Å². The number of nitrogens with zero attached hydrogens (tertiary/aromatic N) is 2. The van der Waals surface area contributed by atoms with Gasteiger partial charge in [0.2, 0.25) is 0 Å². The summed E-state index contributed by atoms with van der Waals surface area (Å²) in [7, 11) is 2.05. The number of aldehydes is 1. The summed E-state index contributed by atoms with van der Waals surface area (Å²) in [5, 5.41) is 0. The van der Waals surface area contributed by atoms with E-state index in [1.165, 1.54) is 12.5 Å². The molecule has 1 aliphatic rings. The van der Waals surface area contributed by atoms with Crippen LogP contribution in [0.25, 0.3) is 0 Å². The van der Waals surface area contributed by atoms with Crippen LogP contribution in [-0.4, -0.2) is 30.6 Å². The average molecular weight is 194 g/mol. The van der Waals surface area contributed by atoms with Crippen molar-refractivity contribution in [1.82, 2.24) is 4.90 Å². The van der Waals surface area contributed by atoms with Crippen LogP contribution in [0.5, 0.6) is 0 Å². The SMILES string of the molecule is CC(C)C1CCN(C)/C1=N\C=C/C=O. The monoisotopic (exact) mass is 194 g/mol. The zero-order valence-corrected chi connectivity index (χ0v) is 9.10. The molecule has 0 radical (unpaired) electrons. The molecule has 0 aromatic heterocycles. The molecule has 1 rings (SSSR count). The van der Waals surface area contributed by atoms with E-state index < -0.39 is 0 Å². The molecule has 1 fully saturated rings. The van der Waals surface area contributed by atoms with Gasteiger partial charge in [-0.25, -0.2) is 4.99 Å². The molecule has 14 heavy (non-hydrogen) atoms. The second-order valence-corrected chi connectivity index (χ2v) is 4.03. The summed E-state index contributed by atoms with van der Waals surface area (Å²) in [5.74, 6) is 2.26. The van der Waals surface area contributed by atoms with Gasteiger partial charge in [-0.05, 0) is 18.4 Å². The number of hydrogen-bond donors (Lipinski definition) is 0. The van der Waals surface area contributed by atoms with Crippen LogP contribution >= 0.6 is 0 Å². The summed E-state index contributed by atoms with van der Waals surface area (Å²) in [6.45, 7) is 5.49. The van der Waals surface area contributed by atoms with Crippen LogP contribution in [0.1, 0.15) is 20.3 Å². The molecule has 1 unspecified atom stereocenters. The van der Waals surface area contributed by atoms with Crippen LogP contribution in [0.3, 0.4) is 0 Å². The maximum absolute atomic E-state index is 10.1. The lowest BCUT2D eigenvalue weighted by Gasteiger charge is -2.17. The third kappa shape index (κ3) is 2.44. The Kier molecular flexibility index (Phi) is 3.86. The highest BCUT2D eigenvalue weighted by Gasteiger charge is 2.28. The standard InChI is InChI=1S/C11H18N2O/c1-9(2)10-5-7-13(3)11(10)12-6-4-8-14/h4,6,8-10H,5,7H2,1-3H3/b6-4-,12-11-. The molecular formula is C11H18N2O. The van der Waals surface area contributed by atoms with Gasteiger partial charge in [0.25, 0.3) is 0 Å². The van der Waals surface area contributed by atoms with Crippen LogP contribution in [0.4, 0.5) is 0 Å². The number of aliphatic imine (C=N–C) groups is 1. The van der Waals surface area contributed by atoms with Crippen LogP contribution in [0.2, 0.25) is 0 Å². The van der Waals surface area contributed by atoms with Crippen molar-refractivity contribution in [2.24, 2.45) is 16.8 Å². The molecule has 3 nitrogen and oxygen atoms in total. The zero-order valence-electron chi connectivity index (χ0n) is 9.10. The first kappa shape index (κ1) is 11.0. The predicted octanol–water partition coefficient (Wildman–Crippen LogP) is 1.71. The second-order valence-electron chi connectivity index (χ2n) is 4.03. The molecule has 3 heteroatoms. The first-order valence-electron chi connectivity index (χ1n) is 5.06. The minimum Gasteiger partial charge on any atom is -0.363 e. The Bertz CT molecular complexity index is 256. The molecule has 0 saturated carbocycles.